The third-order valence-electron chi connectivity index (χ3n) is 3.55. The first kappa shape index (κ1) is 15.1. The Morgan fingerprint density at radius 2 is 2.05 bits per heavy atom. The van der Waals surface area contributed by atoms with Gasteiger partial charge in [-0.3, -0.25) is 4.31 Å². The fourth-order valence-electron chi connectivity index (χ4n) is 2.28. The molecule has 0 atom stereocenters. The zero-order valence-electron chi connectivity index (χ0n) is 12.6. The molecule has 0 spiro atoms. The molecule has 0 unspecified atom stereocenters. The molecule has 3 aromatic rings. The smallest absolute Gasteiger partial charge is 0.273 e. The molecule has 3 rings (SSSR count). The van der Waals surface area contributed by atoms with Gasteiger partial charge in [-0.1, -0.05) is 6.92 Å². The zero-order chi connectivity index (χ0) is 15.9. The molecule has 0 saturated carbocycles. The van der Waals surface area contributed by atoms with E-state index < -0.39 is 10.0 Å². The molecule has 1 N–H and O–H groups in total. The number of H-pyrrole nitrogens is 1. The third kappa shape index (κ3) is 2.50. The minimum atomic E-state index is -3.53. The van der Waals surface area contributed by atoms with Gasteiger partial charge < -0.3 is 4.98 Å². The highest BCUT2D eigenvalue weighted by Gasteiger charge is 2.23. The van der Waals surface area contributed by atoms with E-state index in [1.54, 1.807) is 25.2 Å². The van der Waals surface area contributed by atoms with Gasteiger partial charge in [-0.25, -0.2) is 13.4 Å². The number of nitrogens with one attached hydrogen (secondary N) is 1. The minimum absolute atomic E-state index is 0.368. The van der Waals surface area contributed by atoms with Gasteiger partial charge >= 0.3 is 0 Å². The molecule has 0 saturated heterocycles. The van der Waals surface area contributed by atoms with Gasteiger partial charge in [0, 0.05) is 11.9 Å². The molecule has 0 aliphatic rings. The van der Waals surface area contributed by atoms with Crippen LogP contribution in [0.5, 0.6) is 0 Å². The Morgan fingerprint density at radius 3 is 2.73 bits per heavy atom. The Balaban J connectivity index is 2.01. The minimum Gasteiger partial charge on any atom is -0.342 e. The van der Waals surface area contributed by atoms with E-state index in [2.05, 4.69) is 9.97 Å². The van der Waals surface area contributed by atoms with Crippen molar-refractivity contribution in [1.29, 1.82) is 0 Å². The summed E-state index contributed by atoms with van der Waals surface area (Å²) in [5.41, 5.74) is 2.27. The van der Waals surface area contributed by atoms with Gasteiger partial charge in [-0.15, -0.1) is 11.3 Å². The number of sulfonamides is 1. The number of aromatic amines is 1. The summed E-state index contributed by atoms with van der Waals surface area (Å²) in [5.74, 6) is 0.809. The van der Waals surface area contributed by atoms with Crippen molar-refractivity contribution >= 4 is 38.1 Å². The molecule has 0 fully saturated rings. The van der Waals surface area contributed by atoms with Crippen molar-refractivity contribution in [3.63, 3.8) is 0 Å². The Bertz CT molecular complexity index is 925. The number of nitrogens with zero attached hydrogens (tertiary/aromatic N) is 2. The molecule has 0 bridgehead atoms. The van der Waals surface area contributed by atoms with Crippen LogP contribution in [0.3, 0.4) is 0 Å². The van der Waals surface area contributed by atoms with Crippen molar-refractivity contribution < 1.29 is 8.42 Å². The third-order valence-corrected chi connectivity index (χ3v) is 7.03. The van der Waals surface area contributed by atoms with Crippen LogP contribution < -0.4 is 4.31 Å². The second-order valence-corrected chi connectivity index (χ2v) is 8.43. The lowest BCUT2D eigenvalue weighted by atomic mass is 10.3. The van der Waals surface area contributed by atoms with Crippen molar-refractivity contribution in [1.82, 2.24) is 9.97 Å². The summed E-state index contributed by atoms with van der Waals surface area (Å²) in [5, 5.41) is 0. The quantitative estimate of drug-likeness (QED) is 0.795. The maximum absolute atomic E-state index is 12.7. The van der Waals surface area contributed by atoms with Gasteiger partial charge in [-0.05, 0) is 43.7 Å². The summed E-state index contributed by atoms with van der Waals surface area (Å²) in [6, 6.07) is 8.95. The fourth-order valence-corrected chi connectivity index (χ4v) is 4.94. The number of thiophene rings is 1. The lowest BCUT2D eigenvalue weighted by molar-refractivity contribution is 0.596. The average Bonchev–Trinajstić information content (AvgIpc) is 3.10. The second-order valence-electron chi connectivity index (χ2n) is 5.07. The number of aromatic nitrogens is 2. The highest BCUT2D eigenvalue weighted by molar-refractivity contribution is 7.94. The number of rotatable bonds is 4. The first-order valence-electron chi connectivity index (χ1n) is 6.96. The summed E-state index contributed by atoms with van der Waals surface area (Å²) in [7, 11) is -1.95. The van der Waals surface area contributed by atoms with E-state index in [0.717, 1.165) is 28.2 Å². The molecular weight excluding hydrogens is 318 g/mol. The molecule has 0 aliphatic heterocycles. The van der Waals surface area contributed by atoms with E-state index in [9.17, 15) is 8.42 Å². The number of benzene rings is 1. The lowest BCUT2D eigenvalue weighted by Crippen LogP contribution is -2.25. The first-order valence-corrected chi connectivity index (χ1v) is 9.21. The summed E-state index contributed by atoms with van der Waals surface area (Å²) in [6.45, 7) is 3.89. The lowest BCUT2D eigenvalue weighted by Gasteiger charge is -2.18. The molecule has 2 heterocycles. The molecular formula is C15H17N3O2S2. The maximum atomic E-state index is 12.7. The van der Waals surface area contributed by atoms with Gasteiger partial charge in [0.1, 0.15) is 10.0 Å². The van der Waals surface area contributed by atoms with Crippen LogP contribution in [0.1, 0.15) is 17.6 Å². The van der Waals surface area contributed by atoms with Crippen molar-refractivity contribution in [3.8, 4) is 0 Å². The topological polar surface area (TPSA) is 66.1 Å². The number of hydrogen-bond donors (Lipinski definition) is 1. The summed E-state index contributed by atoms with van der Waals surface area (Å²) in [6.07, 6.45) is 0.837. The van der Waals surface area contributed by atoms with Gasteiger partial charge in [0.15, 0.2) is 0 Å². The average molecular weight is 335 g/mol. The van der Waals surface area contributed by atoms with Crippen LogP contribution in [0.15, 0.2) is 34.5 Å². The van der Waals surface area contributed by atoms with Crippen molar-refractivity contribution in [2.75, 3.05) is 11.4 Å². The Kier molecular flexibility index (Phi) is 3.70. The number of aryl methyl sites for hydroxylation is 2. The molecule has 116 valence electrons. The van der Waals surface area contributed by atoms with Gasteiger partial charge in [0.2, 0.25) is 0 Å². The highest BCUT2D eigenvalue weighted by atomic mass is 32.2. The predicted molar refractivity (Wildman–Crippen MR) is 90.1 cm³/mol. The van der Waals surface area contributed by atoms with Crippen molar-refractivity contribution in [2.45, 2.75) is 24.5 Å². The maximum Gasteiger partial charge on any atom is 0.273 e. The van der Waals surface area contributed by atoms with E-state index in [4.69, 9.17) is 0 Å². The number of anilines is 1. The van der Waals surface area contributed by atoms with Crippen LogP contribution in [0.25, 0.3) is 11.0 Å². The first-order chi connectivity index (χ1) is 10.4. The molecule has 0 amide bonds. The SMILES string of the molecule is CCc1ccc(S(=O)(=O)N(C)c2ccc3nc(C)[nH]c3c2)s1. The molecule has 7 heteroatoms. The zero-order valence-corrected chi connectivity index (χ0v) is 14.3. The summed E-state index contributed by atoms with van der Waals surface area (Å²) < 4.78 is 27.1. The summed E-state index contributed by atoms with van der Waals surface area (Å²) in [4.78, 5) is 8.52. The molecule has 2 aromatic heterocycles. The Hall–Kier alpha value is -1.86. The number of hydrogen-bond acceptors (Lipinski definition) is 4. The fraction of sp³-hybridized carbons (Fsp3) is 0.267. The van der Waals surface area contributed by atoms with E-state index >= 15 is 0 Å². The molecule has 22 heavy (non-hydrogen) atoms. The monoisotopic (exact) mass is 335 g/mol. The van der Waals surface area contributed by atoms with Crippen LogP contribution in [0, 0.1) is 6.92 Å². The van der Waals surface area contributed by atoms with Crippen LogP contribution >= 0.6 is 11.3 Å². The highest BCUT2D eigenvalue weighted by Crippen LogP contribution is 2.29. The van der Waals surface area contributed by atoms with E-state index in [-0.39, 0.29) is 0 Å². The van der Waals surface area contributed by atoms with Gasteiger partial charge in [0.05, 0.1) is 16.7 Å². The van der Waals surface area contributed by atoms with Gasteiger partial charge in [0.25, 0.3) is 10.0 Å². The van der Waals surface area contributed by atoms with Crippen LogP contribution in [0.4, 0.5) is 5.69 Å². The molecule has 0 radical (unpaired) electrons. The van der Waals surface area contributed by atoms with E-state index in [1.807, 2.05) is 26.0 Å². The number of fused-ring (bicyclic) bond motifs is 1. The van der Waals surface area contributed by atoms with Crippen LogP contribution in [0.2, 0.25) is 0 Å². The second kappa shape index (κ2) is 5.40. The predicted octanol–water partition coefficient (Wildman–Crippen LogP) is 3.32. The van der Waals surface area contributed by atoms with Crippen molar-refractivity contribution in [2.24, 2.45) is 0 Å². The van der Waals surface area contributed by atoms with E-state index in [1.165, 1.54) is 15.6 Å². The Labute approximate surface area is 133 Å². The van der Waals surface area contributed by atoms with Crippen LogP contribution in [-0.4, -0.2) is 25.4 Å². The molecule has 5 nitrogen and oxygen atoms in total. The molecule has 0 aliphatic carbocycles. The summed E-state index contributed by atoms with van der Waals surface area (Å²) >= 11 is 1.32. The van der Waals surface area contributed by atoms with Crippen LogP contribution in [-0.2, 0) is 16.4 Å². The Morgan fingerprint density at radius 1 is 1.27 bits per heavy atom. The van der Waals surface area contributed by atoms with Crippen molar-refractivity contribution in [3.05, 3.63) is 41.0 Å². The molecule has 1 aromatic carbocycles. The largest absolute Gasteiger partial charge is 0.342 e. The normalized spacial score (nSPS) is 12.0. The standard InChI is InChI=1S/C15H17N3O2S2/c1-4-12-6-8-15(21-12)22(19,20)18(3)11-5-7-13-14(9-11)17-10(2)16-13/h5-9H,4H2,1-3H3,(H,16,17). The van der Waals surface area contributed by atoms with E-state index in [0.29, 0.717) is 9.90 Å². The van der Waals surface area contributed by atoms with Gasteiger partial charge in [-0.2, -0.15) is 0 Å². The number of imidazole rings is 1.